The van der Waals surface area contributed by atoms with E-state index in [0.717, 1.165) is 10.5 Å². The van der Waals surface area contributed by atoms with Gasteiger partial charge in [0.25, 0.3) is 0 Å². The third kappa shape index (κ3) is 2.39. The zero-order valence-corrected chi connectivity index (χ0v) is 8.85. The van der Waals surface area contributed by atoms with Crippen molar-refractivity contribution in [2.75, 3.05) is 6.26 Å². The smallest absolute Gasteiger partial charge is 0.129 e. The van der Waals surface area contributed by atoms with Crippen LogP contribution in [0.25, 0.3) is 0 Å². The largest absolute Gasteiger partial charge is 0.507 e. The van der Waals surface area contributed by atoms with Crippen LogP contribution in [0.5, 0.6) is 5.75 Å². The van der Waals surface area contributed by atoms with E-state index in [9.17, 15) is 10.2 Å². The highest BCUT2D eigenvalue weighted by Crippen LogP contribution is 2.31. The minimum Gasteiger partial charge on any atom is -0.507 e. The third-order valence-electron chi connectivity index (χ3n) is 1.89. The Balaban J connectivity index is 3.10. The second kappa shape index (κ2) is 3.60. The Labute approximate surface area is 82.6 Å². The van der Waals surface area contributed by atoms with Gasteiger partial charge in [0.1, 0.15) is 5.75 Å². The molecule has 1 aromatic rings. The lowest BCUT2D eigenvalue weighted by atomic mass is 9.98. The molecule has 0 spiro atoms. The van der Waals surface area contributed by atoms with Gasteiger partial charge in [0.15, 0.2) is 0 Å². The van der Waals surface area contributed by atoms with Gasteiger partial charge in [0.05, 0.1) is 5.60 Å². The third-order valence-corrected chi connectivity index (χ3v) is 2.67. The van der Waals surface area contributed by atoms with Gasteiger partial charge in [-0.05, 0) is 37.8 Å². The van der Waals surface area contributed by atoms with Crippen LogP contribution in [0.15, 0.2) is 23.1 Å². The molecule has 0 amide bonds. The van der Waals surface area contributed by atoms with E-state index in [1.165, 1.54) is 11.8 Å². The molecule has 2 N–H and O–H groups in total. The molecule has 0 fully saturated rings. The lowest BCUT2D eigenvalue weighted by molar-refractivity contribution is 0.0782. The van der Waals surface area contributed by atoms with Crippen molar-refractivity contribution in [3.8, 4) is 5.75 Å². The van der Waals surface area contributed by atoms with Gasteiger partial charge < -0.3 is 10.2 Å². The zero-order valence-electron chi connectivity index (χ0n) is 8.03. The molecule has 0 aromatic heterocycles. The number of hydrogen-bond donors (Lipinski definition) is 2. The number of benzene rings is 1. The van der Waals surface area contributed by atoms with E-state index >= 15 is 0 Å². The Morgan fingerprint density at radius 1 is 1.31 bits per heavy atom. The fourth-order valence-corrected chi connectivity index (χ4v) is 1.54. The molecule has 0 radical (unpaired) electrons. The Morgan fingerprint density at radius 2 is 1.92 bits per heavy atom. The van der Waals surface area contributed by atoms with Crippen molar-refractivity contribution in [3.63, 3.8) is 0 Å². The van der Waals surface area contributed by atoms with Crippen LogP contribution < -0.4 is 0 Å². The summed E-state index contributed by atoms with van der Waals surface area (Å²) >= 11 is 1.48. The Hall–Kier alpha value is -0.670. The Bertz CT molecular complexity index is 302. The Kier molecular flexibility index (Phi) is 2.88. The summed E-state index contributed by atoms with van der Waals surface area (Å²) in [7, 11) is 0. The lowest BCUT2D eigenvalue weighted by Gasteiger charge is -2.18. The maximum absolute atomic E-state index is 9.66. The molecule has 1 aromatic carbocycles. The van der Waals surface area contributed by atoms with Gasteiger partial charge in [-0.2, -0.15) is 0 Å². The molecule has 3 heteroatoms. The number of aromatic hydroxyl groups is 1. The molecule has 0 heterocycles. The van der Waals surface area contributed by atoms with Crippen molar-refractivity contribution in [3.05, 3.63) is 23.8 Å². The average molecular weight is 198 g/mol. The molecule has 13 heavy (non-hydrogen) atoms. The van der Waals surface area contributed by atoms with Gasteiger partial charge in [-0.15, -0.1) is 11.8 Å². The summed E-state index contributed by atoms with van der Waals surface area (Å²) in [6, 6.07) is 5.24. The minimum atomic E-state index is -0.894. The number of phenolic OH excluding ortho intramolecular Hbond substituents is 1. The quantitative estimate of drug-likeness (QED) is 0.717. The SMILES string of the molecule is CSc1ccc(C(C)(C)O)cc1O. The van der Waals surface area contributed by atoms with Crippen molar-refractivity contribution in [2.24, 2.45) is 0 Å². The molecule has 0 saturated heterocycles. The van der Waals surface area contributed by atoms with E-state index in [1.807, 2.05) is 18.4 Å². The fourth-order valence-electron chi connectivity index (χ4n) is 1.07. The Morgan fingerprint density at radius 3 is 2.31 bits per heavy atom. The van der Waals surface area contributed by atoms with E-state index in [-0.39, 0.29) is 5.75 Å². The van der Waals surface area contributed by atoms with E-state index < -0.39 is 5.60 Å². The summed E-state index contributed by atoms with van der Waals surface area (Å²) in [5.74, 6) is 0.229. The van der Waals surface area contributed by atoms with Crippen LogP contribution in [0.3, 0.4) is 0 Å². The first-order valence-electron chi connectivity index (χ1n) is 4.05. The fraction of sp³-hybridized carbons (Fsp3) is 0.400. The summed E-state index contributed by atoms with van der Waals surface area (Å²) in [6.45, 7) is 3.39. The summed E-state index contributed by atoms with van der Waals surface area (Å²) in [5, 5.41) is 19.2. The second-order valence-corrected chi connectivity index (χ2v) is 4.29. The van der Waals surface area contributed by atoms with Crippen molar-refractivity contribution < 1.29 is 10.2 Å². The monoisotopic (exact) mass is 198 g/mol. The summed E-state index contributed by atoms with van der Waals surface area (Å²) in [4.78, 5) is 0.827. The standard InChI is InChI=1S/C10H14O2S/c1-10(2,12)7-4-5-9(13-3)8(11)6-7/h4-6,11-12H,1-3H3. The van der Waals surface area contributed by atoms with Crippen LogP contribution in [0.2, 0.25) is 0 Å². The average Bonchev–Trinajstić information content (AvgIpc) is 2.02. The normalized spacial score (nSPS) is 11.7. The predicted molar refractivity (Wildman–Crippen MR) is 55.1 cm³/mol. The van der Waals surface area contributed by atoms with Gasteiger partial charge >= 0.3 is 0 Å². The van der Waals surface area contributed by atoms with Crippen molar-refractivity contribution in [1.29, 1.82) is 0 Å². The van der Waals surface area contributed by atoms with Gasteiger partial charge in [0, 0.05) is 4.90 Å². The molecule has 2 nitrogen and oxygen atoms in total. The summed E-state index contributed by atoms with van der Waals surface area (Å²) in [5.41, 5.74) is -0.170. The van der Waals surface area contributed by atoms with Gasteiger partial charge in [-0.3, -0.25) is 0 Å². The first kappa shape index (κ1) is 10.4. The highest BCUT2D eigenvalue weighted by molar-refractivity contribution is 7.98. The molecule has 72 valence electrons. The summed E-state index contributed by atoms with van der Waals surface area (Å²) < 4.78 is 0. The van der Waals surface area contributed by atoms with Crippen molar-refractivity contribution >= 4 is 11.8 Å². The number of thioether (sulfide) groups is 1. The maximum atomic E-state index is 9.66. The second-order valence-electron chi connectivity index (χ2n) is 3.45. The maximum Gasteiger partial charge on any atom is 0.129 e. The van der Waals surface area contributed by atoms with Gasteiger partial charge in [-0.25, -0.2) is 0 Å². The molecular formula is C10H14O2S. The zero-order chi connectivity index (χ0) is 10.1. The molecule has 0 saturated carbocycles. The number of aliphatic hydroxyl groups is 1. The minimum absolute atomic E-state index is 0.229. The number of rotatable bonds is 2. The highest BCUT2D eigenvalue weighted by atomic mass is 32.2. The molecule has 0 unspecified atom stereocenters. The molecular weight excluding hydrogens is 184 g/mol. The van der Waals surface area contributed by atoms with Crippen molar-refractivity contribution in [2.45, 2.75) is 24.3 Å². The molecule has 0 aliphatic carbocycles. The van der Waals surface area contributed by atoms with Crippen LogP contribution in [0.4, 0.5) is 0 Å². The van der Waals surface area contributed by atoms with Crippen molar-refractivity contribution in [1.82, 2.24) is 0 Å². The number of phenols is 1. The van der Waals surface area contributed by atoms with Crippen LogP contribution in [-0.4, -0.2) is 16.5 Å². The molecule has 0 bridgehead atoms. The van der Waals surface area contributed by atoms with E-state index in [4.69, 9.17) is 0 Å². The molecule has 1 rings (SSSR count). The van der Waals surface area contributed by atoms with Crippen LogP contribution >= 0.6 is 11.8 Å². The number of hydrogen-bond acceptors (Lipinski definition) is 3. The first-order valence-corrected chi connectivity index (χ1v) is 5.27. The topological polar surface area (TPSA) is 40.5 Å². The van der Waals surface area contributed by atoms with E-state index in [0.29, 0.717) is 0 Å². The van der Waals surface area contributed by atoms with E-state index in [2.05, 4.69) is 0 Å². The van der Waals surface area contributed by atoms with Gasteiger partial charge in [0.2, 0.25) is 0 Å². The lowest BCUT2D eigenvalue weighted by Crippen LogP contribution is -2.14. The van der Waals surface area contributed by atoms with Crippen LogP contribution in [0.1, 0.15) is 19.4 Å². The summed E-state index contributed by atoms with van der Waals surface area (Å²) in [6.07, 6.45) is 1.90. The van der Waals surface area contributed by atoms with Crippen LogP contribution in [0, 0.1) is 0 Å². The molecule has 0 aliphatic rings. The van der Waals surface area contributed by atoms with Crippen LogP contribution in [-0.2, 0) is 5.60 Å². The predicted octanol–water partition coefficient (Wildman–Crippen LogP) is 2.34. The van der Waals surface area contributed by atoms with E-state index in [1.54, 1.807) is 19.9 Å². The highest BCUT2D eigenvalue weighted by Gasteiger charge is 2.16. The molecule has 0 aliphatic heterocycles. The molecule has 0 atom stereocenters. The van der Waals surface area contributed by atoms with Gasteiger partial charge in [-0.1, -0.05) is 6.07 Å². The first-order chi connectivity index (χ1) is 5.95.